The summed E-state index contributed by atoms with van der Waals surface area (Å²) in [5, 5.41) is 3.06. The molecular weight excluding hydrogens is 405 g/mol. The molecule has 2 N–H and O–H groups in total. The number of carbonyl (C=O) groups excluding carboxylic acids is 1. The van der Waals surface area contributed by atoms with Crippen LogP contribution in [0, 0.1) is 5.82 Å². The van der Waals surface area contributed by atoms with Gasteiger partial charge < -0.3 is 14.8 Å². The second-order valence-corrected chi connectivity index (χ2v) is 6.41. The molecule has 0 atom stereocenters. The average Bonchev–Trinajstić information content (AvgIpc) is 2.79. The molecule has 2 aromatic heterocycles. The third-order valence-corrected chi connectivity index (χ3v) is 4.38. The number of hydrogen-bond donors (Lipinski definition) is 2. The Morgan fingerprint density at radius 3 is 2.48 bits per heavy atom. The monoisotopic (exact) mass is 427 g/mol. The SMILES string of the molecule is CONC(=O)c1cc(CCc2cnc(Nc3ccnc(OC)c3)nc2)c(F)c(OC)c1. The van der Waals surface area contributed by atoms with E-state index >= 15 is 0 Å². The standard InChI is InChI=1S/C21H22FN5O4/c1-29-17-9-15(20(28)27-31-3)8-14(19(17)22)5-4-13-11-24-21(25-12-13)26-16-6-7-23-18(10-16)30-2/h6-12H,4-5H2,1-3H3,(H,27,28)(H,23,24,25,26). The highest BCUT2D eigenvalue weighted by atomic mass is 19.1. The van der Waals surface area contributed by atoms with Gasteiger partial charge in [0.15, 0.2) is 11.6 Å². The molecule has 1 amide bonds. The van der Waals surface area contributed by atoms with Crippen molar-refractivity contribution in [3.63, 3.8) is 0 Å². The van der Waals surface area contributed by atoms with Crippen molar-refractivity contribution in [2.75, 3.05) is 26.6 Å². The van der Waals surface area contributed by atoms with Crippen LogP contribution in [-0.2, 0) is 17.7 Å². The Morgan fingerprint density at radius 1 is 1.03 bits per heavy atom. The molecule has 0 saturated carbocycles. The maximum Gasteiger partial charge on any atom is 0.274 e. The molecule has 0 fully saturated rings. The number of ether oxygens (including phenoxy) is 2. The highest BCUT2D eigenvalue weighted by Crippen LogP contribution is 2.24. The van der Waals surface area contributed by atoms with E-state index < -0.39 is 11.7 Å². The minimum absolute atomic E-state index is 0.0117. The molecule has 0 aliphatic carbocycles. The van der Waals surface area contributed by atoms with Crippen molar-refractivity contribution in [3.05, 3.63) is 65.4 Å². The largest absolute Gasteiger partial charge is 0.494 e. The van der Waals surface area contributed by atoms with E-state index in [-0.39, 0.29) is 11.3 Å². The minimum Gasteiger partial charge on any atom is -0.494 e. The lowest BCUT2D eigenvalue weighted by Crippen LogP contribution is -2.22. The molecule has 0 radical (unpaired) electrons. The summed E-state index contributed by atoms with van der Waals surface area (Å²) in [6.07, 6.45) is 5.72. The van der Waals surface area contributed by atoms with Crippen LogP contribution >= 0.6 is 0 Å². The zero-order chi connectivity index (χ0) is 22.2. The van der Waals surface area contributed by atoms with E-state index in [0.717, 1.165) is 11.3 Å². The number of rotatable bonds is 9. The highest BCUT2D eigenvalue weighted by Gasteiger charge is 2.16. The molecule has 10 heteroatoms. The Labute approximate surface area is 178 Å². The molecule has 3 rings (SSSR count). The molecule has 0 aliphatic rings. The lowest BCUT2D eigenvalue weighted by atomic mass is 10.0. The first kappa shape index (κ1) is 21.9. The smallest absolute Gasteiger partial charge is 0.274 e. The fourth-order valence-electron chi connectivity index (χ4n) is 2.82. The quantitative estimate of drug-likeness (QED) is 0.502. The minimum atomic E-state index is -0.512. The second kappa shape index (κ2) is 10.3. The van der Waals surface area contributed by atoms with Gasteiger partial charge in [-0.3, -0.25) is 9.63 Å². The van der Waals surface area contributed by atoms with Gasteiger partial charge in [-0.2, -0.15) is 0 Å². The van der Waals surface area contributed by atoms with E-state index in [1.807, 2.05) is 0 Å². The van der Waals surface area contributed by atoms with Crippen LogP contribution in [0.25, 0.3) is 0 Å². The number of benzene rings is 1. The molecule has 0 aliphatic heterocycles. The van der Waals surface area contributed by atoms with Gasteiger partial charge in [0, 0.05) is 35.9 Å². The van der Waals surface area contributed by atoms with Gasteiger partial charge in [-0.05, 0) is 42.2 Å². The highest BCUT2D eigenvalue weighted by molar-refractivity contribution is 5.94. The lowest BCUT2D eigenvalue weighted by molar-refractivity contribution is 0.0537. The van der Waals surface area contributed by atoms with Crippen LogP contribution in [0.2, 0.25) is 0 Å². The summed E-state index contributed by atoms with van der Waals surface area (Å²) in [5.74, 6) is -0.137. The first-order valence-electron chi connectivity index (χ1n) is 9.31. The molecule has 31 heavy (non-hydrogen) atoms. The van der Waals surface area contributed by atoms with Crippen LogP contribution < -0.4 is 20.3 Å². The Hall–Kier alpha value is -3.79. The number of nitrogens with one attached hydrogen (secondary N) is 2. The summed E-state index contributed by atoms with van der Waals surface area (Å²) in [7, 11) is 4.21. The van der Waals surface area contributed by atoms with E-state index in [1.165, 1.54) is 33.5 Å². The molecule has 9 nitrogen and oxygen atoms in total. The fourth-order valence-corrected chi connectivity index (χ4v) is 2.82. The van der Waals surface area contributed by atoms with E-state index in [9.17, 15) is 9.18 Å². The molecule has 2 heterocycles. The van der Waals surface area contributed by atoms with E-state index in [4.69, 9.17) is 9.47 Å². The predicted octanol–water partition coefficient (Wildman–Crippen LogP) is 2.85. The number of hydroxylamine groups is 1. The van der Waals surface area contributed by atoms with Crippen molar-refractivity contribution < 1.29 is 23.5 Å². The number of hydrogen-bond acceptors (Lipinski definition) is 8. The number of amides is 1. The number of aryl methyl sites for hydroxylation is 2. The fraction of sp³-hybridized carbons (Fsp3) is 0.238. The van der Waals surface area contributed by atoms with Crippen LogP contribution in [0.1, 0.15) is 21.5 Å². The molecule has 0 unspecified atom stereocenters. The molecule has 0 saturated heterocycles. The van der Waals surface area contributed by atoms with Gasteiger partial charge in [0.2, 0.25) is 11.8 Å². The Kier molecular flexibility index (Phi) is 7.28. The van der Waals surface area contributed by atoms with Gasteiger partial charge in [0.05, 0.1) is 21.3 Å². The van der Waals surface area contributed by atoms with Crippen LogP contribution in [0.5, 0.6) is 11.6 Å². The number of carbonyl (C=O) groups is 1. The molecule has 0 bridgehead atoms. The van der Waals surface area contributed by atoms with E-state index in [0.29, 0.717) is 30.2 Å². The second-order valence-electron chi connectivity index (χ2n) is 6.41. The Bertz CT molecular complexity index is 1050. The van der Waals surface area contributed by atoms with Gasteiger partial charge in [0.25, 0.3) is 5.91 Å². The van der Waals surface area contributed by atoms with Crippen LogP contribution in [-0.4, -0.2) is 42.2 Å². The van der Waals surface area contributed by atoms with Gasteiger partial charge in [-0.15, -0.1) is 0 Å². The predicted molar refractivity (Wildman–Crippen MR) is 111 cm³/mol. The topological polar surface area (TPSA) is 107 Å². The molecule has 3 aromatic rings. The third-order valence-electron chi connectivity index (χ3n) is 4.38. The van der Waals surface area contributed by atoms with E-state index in [1.54, 1.807) is 30.7 Å². The van der Waals surface area contributed by atoms with Gasteiger partial charge >= 0.3 is 0 Å². The summed E-state index contributed by atoms with van der Waals surface area (Å²) in [5.41, 5.74) is 4.33. The lowest BCUT2D eigenvalue weighted by Gasteiger charge is -2.11. The van der Waals surface area contributed by atoms with Crippen molar-refractivity contribution in [1.82, 2.24) is 20.4 Å². The first-order valence-corrected chi connectivity index (χ1v) is 9.31. The normalized spacial score (nSPS) is 10.5. The van der Waals surface area contributed by atoms with Crippen molar-refractivity contribution in [2.45, 2.75) is 12.8 Å². The zero-order valence-electron chi connectivity index (χ0n) is 17.3. The van der Waals surface area contributed by atoms with Crippen LogP contribution in [0.4, 0.5) is 16.0 Å². The van der Waals surface area contributed by atoms with Crippen LogP contribution in [0.3, 0.4) is 0 Å². The summed E-state index contributed by atoms with van der Waals surface area (Å²) < 4.78 is 24.8. The number of methoxy groups -OCH3 is 2. The maximum absolute atomic E-state index is 14.6. The number of anilines is 2. The Morgan fingerprint density at radius 2 is 1.81 bits per heavy atom. The van der Waals surface area contributed by atoms with Crippen molar-refractivity contribution >= 4 is 17.5 Å². The van der Waals surface area contributed by atoms with Crippen molar-refractivity contribution in [2.24, 2.45) is 0 Å². The van der Waals surface area contributed by atoms with Crippen molar-refractivity contribution in [1.29, 1.82) is 0 Å². The summed E-state index contributed by atoms with van der Waals surface area (Å²) in [6, 6.07) is 6.29. The van der Waals surface area contributed by atoms with Gasteiger partial charge in [-0.1, -0.05) is 0 Å². The molecule has 162 valence electrons. The van der Waals surface area contributed by atoms with Gasteiger partial charge in [0.1, 0.15) is 0 Å². The summed E-state index contributed by atoms with van der Waals surface area (Å²) >= 11 is 0. The Balaban J connectivity index is 1.69. The first-order chi connectivity index (χ1) is 15.0. The van der Waals surface area contributed by atoms with Crippen LogP contribution in [0.15, 0.2) is 42.9 Å². The molecule has 0 spiro atoms. The number of pyridine rings is 1. The number of aromatic nitrogens is 3. The summed E-state index contributed by atoms with van der Waals surface area (Å²) in [6.45, 7) is 0. The number of halogens is 1. The van der Waals surface area contributed by atoms with Crippen molar-refractivity contribution in [3.8, 4) is 11.6 Å². The van der Waals surface area contributed by atoms with Gasteiger partial charge in [-0.25, -0.2) is 24.8 Å². The summed E-state index contributed by atoms with van der Waals surface area (Å²) in [4.78, 5) is 29.3. The van der Waals surface area contributed by atoms with E-state index in [2.05, 4.69) is 30.6 Å². The zero-order valence-corrected chi connectivity index (χ0v) is 17.3. The number of nitrogens with zero attached hydrogens (tertiary/aromatic N) is 3. The maximum atomic E-state index is 14.6. The average molecular weight is 427 g/mol. The molecular formula is C21H22FN5O4. The molecule has 1 aromatic carbocycles. The third kappa shape index (κ3) is 5.64.